The van der Waals surface area contributed by atoms with Crippen LogP contribution in [0.3, 0.4) is 0 Å². The number of halogens is 4. The van der Waals surface area contributed by atoms with Crippen LogP contribution in [-0.2, 0) is 12.7 Å². The van der Waals surface area contributed by atoms with E-state index in [0.29, 0.717) is 17.3 Å². The number of nitrogens with zero attached hydrogens (tertiary/aromatic N) is 4. The van der Waals surface area contributed by atoms with Crippen LogP contribution in [0.5, 0.6) is 0 Å². The summed E-state index contributed by atoms with van der Waals surface area (Å²) in [5.41, 5.74) is 2.57. The molecule has 29 heavy (non-hydrogen) atoms. The molecule has 0 aliphatic carbocycles. The number of benzene rings is 1. The van der Waals surface area contributed by atoms with Gasteiger partial charge in [0.2, 0.25) is 0 Å². The van der Waals surface area contributed by atoms with Gasteiger partial charge in [0.05, 0.1) is 29.1 Å². The standard InChI is InChI=1S/C21H16ClF3N4/c1-13-18(14(2)29(28-13)12-15-5-3-4-6-19(15)22)9-16(10-26)20-8-7-17(11-27-20)21(23,24)25/h3-9,11H,12H2,1-2H3/b16-9+. The summed E-state index contributed by atoms with van der Waals surface area (Å²) in [7, 11) is 0. The average molecular weight is 417 g/mol. The zero-order valence-electron chi connectivity index (χ0n) is 15.6. The van der Waals surface area contributed by atoms with E-state index in [4.69, 9.17) is 11.6 Å². The quantitative estimate of drug-likeness (QED) is 0.514. The number of hydrogen-bond donors (Lipinski definition) is 0. The van der Waals surface area contributed by atoms with Gasteiger partial charge in [0, 0.05) is 22.5 Å². The molecule has 8 heteroatoms. The predicted octanol–water partition coefficient (Wildman–Crippen LogP) is 5.68. The van der Waals surface area contributed by atoms with Gasteiger partial charge in [-0.15, -0.1) is 0 Å². The minimum atomic E-state index is -4.48. The number of pyridine rings is 1. The molecule has 0 spiro atoms. The van der Waals surface area contributed by atoms with Gasteiger partial charge in [-0.25, -0.2) is 0 Å². The minimum Gasteiger partial charge on any atom is -0.265 e. The van der Waals surface area contributed by atoms with Crippen molar-refractivity contribution in [2.45, 2.75) is 26.6 Å². The first-order chi connectivity index (χ1) is 13.7. The fraction of sp³-hybridized carbons (Fsp3) is 0.190. The van der Waals surface area contributed by atoms with Gasteiger partial charge >= 0.3 is 6.18 Å². The Morgan fingerprint density at radius 3 is 2.52 bits per heavy atom. The summed E-state index contributed by atoms with van der Waals surface area (Å²) < 4.78 is 40.0. The van der Waals surface area contributed by atoms with Crippen LogP contribution >= 0.6 is 11.6 Å². The fourth-order valence-electron chi connectivity index (χ4n) is 2.89. The summed E-state index contributed by atoms with van der Waals surface area (Å²) >= 11 is 6.22. The molecular weight excluding hydrogens is 401 g/mol. The topological polar surface area (TPSA) is 54.5 Å². The van der Waals surface area contributed by atoms with Crippen molar-refractivity contribution >= 4 is 23.3 Å². The Balaban J connectivity index is 1.95. The lowest BCUT2D eigenvalue weighted by atomic mass is 10.1. The molecule has 0 amide bonds. The normalized spacial score (nSPS) is 12.1. The van der Waals surface area contributed by atoms with Crippen LogP contribution in [0, 0.1) is 25.2 Å². The molecule has 4 nitrogen and oxygen atoms in total. The van der Waals surface area contributed by atoms with Crippen LogP contribution in [-0.4, -0.2) is 14.8 Å². The van der Waals surface area contributed by atoms with Crippen molar-refractivity contribution in [2.24, 2.45) is 0 Å². The molecule has 148 valence electrons. The van der Waals surface area contributed by atoms with Gasteiger partial charge in [0.1, 0.15) is 6.07 Å². The van der Waals surface area contributed by atoms with Gasteiger partial charge in [0.15, 0.2) is 0 Å². The predicted molar refractivity (Wildman–Crippen MR) is 105 cm³/mol. The fourth-order valence-corrected chi connectivity index (χ4v) is 3.09. The maximum atomic E-state index is 12.7. The molecule has 0 fully saturated rings. The molecule has 3 rings (SSSR count). The molecular formula is C21H16ClF3N4. The SMILES string of the molecule is Cc1nn(Cc2ccccc2Cl)c(C)c1/C=C(\C#N)c1ccc(C(F)(F)F)cn1. The Bertz CT molecular complexity index is 1110. The first-order valence-electron chi connectivity index (χ1n) is 8.63. The Labute approximate surface area is 170 Å². The van der Waals surface area contributed by atoms with Crippen molar-refractivity contribution < 1.29 is 13.2 Å². The first-order valence-corrected chi connectivity index (χ1v) is 9.01. The van der Waals surface area contributed by atoms with Crippen molar-refractivity contribution in [1.29, 1.82) is 5.26 Å². The highest BCUT2D eigenvalue weighted by molar-refractivity contribution is 6.31. The molecule has 0 saturated heterocycles. The van der Waals surface area contributed by atoms with Crippen LogP contribution in [0.1, 0.15) is 33.8 Å². The van der Waals surface area contributed by atoms with Gasteiger partial charge in [-0.1, -0.05) is 29.8 Å². The van der Waals surface area contributed by atoms with E-state index in [0.717, 1.165) is 29.1 Å². The van der Waals surface area contributed by atoms with Crippen LogP contribution in [0.4, 0.5) is 13.2 Å². The minimum absolute atomic E-state index is 0.155. The van der Waals surface area contributed by atoms with Crippen LogP contribution in [0.15, 0.2) is 42.6 Å². The van der Waals surface area contributed by atoms with Crippen LogP contribution in [0.2, 0.25) is 5.02 Å². The first kappa shape index (κ1) is 20.6. The number of rotatable bonds is 4. The molecule has 0 bridgehead atoms. The van der Waals surface area contributed by atoms with E-state index in [1.165, 1.54) is 6.07 Å². The van der Waals surface area contributed by atoms with Crippen LogP contribution < -0.4 is 0 Å². The zero-order chi connectivity index (χ0) is 21.2. The summed E-state index contributed by atoms with van der Waals surface area (Å²) in [6, 6.07) is 11.5. The zero-order valence-corrected chi connectivity index (χ0v) is 16.4. The molecule has 0 atom stereocenters. The van der Waals surface area contributed by atoms with E-state index in [1.807, 2.05) is 31.2 Å². The molecule has 0 N–H and O–H groups in total. The maximum Gasteiger partial charge on any atom is 0.417 e. The number of allylic oxidation sites excluding steroid dienone is 1. The van der Waals surface area contributed by atoms with Crippen molar-refractivity contribution in [2.75, 3.05) is 0 Å². The van der Waals surface area contributed by atoms with E-state index in [2.05, 4.69) is 10.1 Å². The lowest BCUT2D eigenvalue weighted by Crippen LogP contribution is -2.05. The second-order valence-corrected chi connectivity index (χ2v) is 6.84. The van der Waals surface area contributed by atoms with Gasteiger partial charge in [-0.05, 0) is 43.7 Å². The largest absolute Gasteiger partial charge is 0.417 e. The number of alkyl halides is 3. The van der Waals surface area contributed by atoms with Crippen molar-refractivity contribution in [1.82, 2.24) is 14.8 Å². The highest BCUT2D eigenvalue weighted by Crippen LogP contribution is 2.29. The number of nitriles is 1. The second-order valence-electron chi connectivity index (χ2n) is 6.43. The smallest absolute Gasteiger partial charge is 0.265 e. The molecule has 0 aliphatic heterocycles. The molecule has 0 saturated carbocycles. The van der Waals surface area contributed by atoms with Crippen LogP contribution in [0.25, 0.3) is 11.6 Å². The molecule has 0 aliphatic rings. The average Bonchev–Trinajstić information content (AvgIpc) is 2.94. The van der Waals surface area contributed by atoms with Crippen molar-refractivity contribution in [3.8, 4) is 6.07 Å². The summed E-state index contributed by atoms with van der Waals surface area (Å²) in [5, 5.41) is 14.6. The Morgan fingerprint density at radius 1 is 1.21 bits per heavy atom. The summed E-state index contributed by atoms with van der Waals surface area (Å²) in [6.07, 6.45) is -2.16. The summed E-state index contributed by atoms with van der Waals surface area (Å²) in [6.45, 7) is 4.12. The maximum absolute atomic E-state index is 12.7. The Morgan fingerprint density at radius 2 is 1.93 bits per heavy atom. The van der Waals surface area contributed by atoms with E-state index < -0.39 is 11.7 Å². The van der Waals surface area contributed by atoms with Crippen molar-refractivity contribution in [3.05, 3.63) is 81.4 Å². The van der Waals surface area contributed by atoms with E-state index >= 15 is 0 Å². The molecule has 1 aromatic carbocycles. The molecule has 0 unspecified atom stereocenters. The Hall–Kier alpha value is -3.11. The van der Waals surface area contributed by atoms with E-state index in [9.17, 15) is 18.4 Å². The number of hydrogen-bond acceptors (Lipinski definition) is 3. The lowest BCUT2D eigenvalue weighted by Gasteiger charge is -2.07. The summed E-state index contributed by atoms with van der Waals surface area (Å²) in [4.78, 5) is 3.80. The third-order valence-corrected chi connectivity index (χ3v) is 4.86. The molecule has 2 heterocycles. The highest BCUT2D eigenvalue weighted by atomic mass is 35.5. The third kappa shape index (κ3) is 4.49. The Kier molecular flexibility index (Phi) is 5.76. The van der Waals surface area contributed by atoms with Gasteiger partial charge in [-0.3, -0.25) is 9.67 Å². The van der Waals surface area contributed by atoms with Gasteiger partial charge in [0.25, 0.3) is 0 Å². The summed E-state index contributed by atoms with van der Waals surface area (Å²) in [5.74, 6) is 0. The lowest BCUT2D eigenvalue weighted by molar-refractivity contribution is -0.137. The molecule has 0 radical (unpaired) electrons. The monoisotopic (exact) mass is 416 g/mol. The molecule has 2 aromatic heterocycles. The van der Waals surface area contributed by atoms with E-state index in [1.54, 1.807) is 23.7 Å². The van der Waals surface area contributed by atoms with E-state index in [-0.39, 0.29) is 11.3 Å². The van der Waals surface area contributed by atoms with Gasteiger partial charge in [-0.2, -0.15) is 23.5 Å². The van der Waals surface area contributed by atoms with Gasteiger partial charge < -0.3 is 0 Å². The highest BCUT2D eigenvalue weighted by Gasteiger charge is 2.30. The third-order valence-electron chi connectivity index (χ3n) is 4.49. The second kappa shape index (κ2) is 8.10. The van der Waals surface area contributed by atoms with Crippen molar-refractivity contribution in [3.63, 3.8) is 0 Å². The number of aryl methyl sites for hydroxylation is 1. The number of aromatic nitrogens is 3. The molecule has 3 aromatic rings.